The third kappa shape index (κ3) is 1.18. The maximum absolute atomic E-state index is 8.86. The van der Waals surface area contributed by atoms with Crippen LogP contribution in [0.3, 0.4) is 0 Å². The fraction of sp³-hybridized carbons (Fsp3) is 0.125. The molecule has 0 saturated heterocycles. The van der Waals surface area contributed by atoms with E-state index in [-0.39, 0.29) is 0 Å². The standard InChI is InChI=1S/C8H6BrN5/c9-7-6(4-11)13-8-12-2-1-5(3-10)14(7)8/h1-2H,4,11H2. The van der Waals surface area contributed by atoms with Crippen LogP contribution < -0.4 is 5.73 Å². The molecule has 0 spiro atoms. The molecule has 0 amide bonds. The van der Waals surface area contributed by atoms with E-state index < -0.39 is 0 Å². The van der Waals surface area contributed by atoms with E-state index in [1.54, 1.807) is 16.7 Å². The average molecular weight is 252 g/mol. The van der Waals surface area contributed by atoms with Crippen LogP contribution in [0.2, 0.25) is 0 Å². The minimum absolute atomic E-state index is 0.314. The van der Waals surface area contributed by atoms with Crippen molar-refractivity contribution >= 4 is 21.7 Å². The Hall–Kier alpha value is -1.45. The summed E-state index contributed by atoms with van der Waals surface area (Å²) in [5, 5.41) is 8.86. The van der Waals surface area contributed by atoms with E-state index in [1.165, 1.54) is 0 Å². The van der Waals surface area contributed by atoms with Gasteiger partial charge in [0.05, 0.1) is 5.69 Å². The summed E-state index contributed by atoms with van der Waals surface area (Å²) in [4.78, 5) is 8.20. The summed E-state index contributed by atoms with van der Waals surface area (Å²) in [6, 6.07) is 3.69. The monoisotopic (exact) mass is 251 g/mol. The smallest absolute Gasteiger partial charge is 0.236 e. The lowest BCUT2D eigenvalue weighted by Crippen LogP contribution is -1.97. The van der Waals surface area contributed by atoms with Crippen molar-refractivity contribution in [1.29, 1.82) is 5.26 Å². The Balaban J connectivity index is 2.87. The minimum atomic E-state index is 0.314. The lowest BCUT2D eigenvalue weighted by molar-refractivity contribution is 0.997. The van der Waals surface area contributed by atoms with Crippen molar-refractivity contribution in [2.45, 2.75) is 6.54 Å². The Morgan fingerprint density at radius 3 is 3.07 bits per heavy atom. The first-order valence-corrected chi connectivity index (χ1v) is 4.69. The number of nitriles is 1. The Morgan fingerprint density at radius 1 is 1.64 bits per heavy atom. The number of halogens is 1. The van der Waals surface area contributed by atoms with Crippen molar-refractivity contribution in [3.05, 3.63) is 28.3 Å². The van der Waals surface area contributed by atoms with Crippen molar-refractivity contribution in [2.24, 2.45) is 5.73 Å². The molecule has 2 heterocycles. The Morgan fingerprint density at radius 2 is 2.43 bits per heavy atom. The molecule has 5 nitrogen and oxygen atoms in total. The van der Waals surface area contributed by atoms with Gasteiger partial charge in [0, 0.05) is 12.7 Å². The van der Waals surface area contributed by atoms with Crippen molar-refractivity contribution < 1.29 is 0 Å². The second-order valence-corrected chi connectivity index (χ2v) is 3.38. The molecule has 2 N–H and O–H groups in total. The maximum Gasteiger partial charge on any atom is 0.236 e. The van der Waals surface area contributed by atoms with Crippen LogP contribution in [0.4, 0.5) is 0 Å². The minimum Gasteiger partial charge on any atom is -0.325 e. The van der Waals surface area contributed by atoms with Crippen molar-refractivity contribution in [1.82, 2.24) is 14.4 Å². The molecule has 2 rings (SSSR count). The SMILES string of the molecule is N#Cc1ccnc2nc(CN)c(Br)n12. The average Bonchev–Trinajstić information content (AvgIpc) is 2.55. The van der Waals surface area contributed by atoms with E-state index in [4.69, 9.17) is 11.0 Å². The van der Waals surface area contributed by atoms with Gasteiger partial charge in [0.15, 0.2) is 0 Å². The van der Waals surface area contributed by atoms with Gasteiger partial charge in [-0.3, -0.25) is 4.40 Å². The van der Waals surface area contributed by atoms with Crippen LogP contribution in [0, 0.1) is 11.3 Å². The summed E-state index contributed by atoms with van der Waals surface area (Å²) in [5.41, 5.74) is 6.66. The first kappa shape index (κ1) is 9.12. The summed E-state index contributed by atoms with van der Waals surface area (Å²) in [5.74, 6) is 0.483. The number of fused-ring (bicyclic) bond motifs is 1. The summed E-state index contributed by atoms with van der Waals surface area (Å²) in [6.07, 6.45) is 1.55. The zero-order valence-corrected chi connectivity index (χ0v) is 8.69. The Kier molecular flexibility index (Phi) is 2.19. The number of hydrogen-bond donors (Lipinski definition) is 1. The highest BCUT2D eigenvalue weighted by Crippen LogP contribution is 2.18. The molecule has 2 aromatic heterocycles. The molecule has 0 bridgehead atoms. The van der Waals surface area contributed by atoms with Gasteiger partial charge in [0.2, 0.25) is 5.78 Å². The number of rotatable bonds is 1. The van der Waals surface area contributed by atoms with E-state index in [2.05, 4.69) is 32.0 Å². The molecule has 14 heavy (non-hydrogen) atoms. The fourth-order valence-electron chi connectivity index (χ4n) is 1.20. The molecule has 0 fully saturated rings. The molecule has 0 unspecified atom stereocenters. The van der Waals surface area contributed by atoms with Gasteiger partial charge in [0.1, 0.15) is 16.4 Å². The van der Waals surface area contributed by atoms with Crippen LogP contribution in [0.25, 0.3) is 5.78 Å². The van der Waals surface area contributed by atoms with Gasteiger partial charge in [-0.15, -0.1) is 0 Å². The second-order valence-electron chi connectivity index (χ2n) is 2.63. The van der Waals surface area contributed by atoms with Gasteiger partial charge in [-0.05, 0) is 22.0 Å². The number of imidazole rings is 1. The molecular formula is C8H6BrN5. The molecule has 6 heteroatoms. The normalized spacial score (nSPS) is 10.4. The van der Waals surface area contributed by atoms with Gasteiger partial charge < -0.3 is 5.73 Å². The zero-order chi connectivity index (χ0) is 10.1. The molecule has 0 aromatic carbocycles. The van der Waals surface area contributed by atoms with E-state index in [0.717, 1.165) is 0 Å². The Bertz CT molecular complexity index is 524. The van der Waals surface area contributed by atoms with Gasteiger partial charge in [0.25, 0.3) is 0 Å². The van der Waals surface area contributed by atoms with Crippen molar-refractivity contribution in [2.75, 3.05) is 0 Å². The number of aromatic nitrogens is 3. The van der Waals surface area contributed by atoms with Gasteiger partial charge in [-0.2, -0.15) is 5.26 Å². The van der Waals surface area contributed by atoms with Crippen LogP contribution in [-0.2, 0) is 6.54 Å². The molecule has 0 atom stereocenters. The van der Waals surface area contributed by atoms with E-state index in [1.807, 2.05) is 0 Å². The molecule has 0 saturated carbocycles. The molecule has 70 valence electrons. The first-order valence-electron chi connectivity index (χ1n) is 3.90. The fourth-order valence-corrected chi connectivity index (χ4v) is 1.80. The Labute approximate surface area is 88.3 Å². The number of nitrogens with zero attached hydrogens (tertiary/aromatic N) is 4. The van der Waals surface area contributed by atoms with Gasteiger partial charge >= 0.3 is 0 Å². The highest BCUT2D eigenvalue weighted by atomic mass is 79.9. The summed E-state index contributed by atoms with van der Waals surface area (Å²) < 4.78 is 2.32. The van der Waals surface area contributed by atoms with Crippen LogP contribution in [0.15, 0.2) is 16.9 Å². The predicted octanol–water partition coefficient (Wildman–Crippen LogP) is 0.822. The van der Waals surface area contributed by atoms with E-state index in [0.29, 0.717) is 28.3 Å². The van der Waals surface area contributed by atoms with Crippen LogP contribution in [-0.4, -0.2) is 14.4 Å². The van der Waals surface area contributed by atoms with E-state index >= 15 is 0 Å². The summed E-state index contributed by atoms with van der Waals surface area (Å²) in [6.45, 7) is 0.314. The largest absolute Gasteiger partial charge is 0.325 e. The lowest BCUT2D eigenvalue weighted by atomic mass is 10.4. The molecule has 0 radical (unpaired) electrons. The quantitative estimate of drug-likeness (QED) is 0.814. The molecule has 0 aliphatic rings. The third-order valence-electron chi connectivity index (χ3n) is 1.84. The second kappa shape index (κ2) is 3.36. The predicted molar refractivity (Wildman–Crippen MR) is 53.3 cm³/mol. The summed E-state index contributed by atoms with van der Waals surface area (Å²) >= 11 is 3.33. The first-order chi connectivity index (χ1) is 6.77. The highest BCUT2D eigenvalue weighted by molar-refractivity contribution is 9.10. The van der Waals surface area contributed by atoms with E-state index in [9.17, 15) is 0 Å². The zero-order valence-electron chi connectivity index (χ0n) is 7.11. The molecular weight excluding hydrogens is 246 g/mol. The van der Waals surface area contributed by atoms with Crippen LogP contribution >= 0.6 is 15.9 Å². The third-order valence-corrected chi connectivity index (χ3v) is 2.65. The van der Waals surface area contributed by atoms with Crippen LogP contribution in [0.5, 0.6) is 0 Å². The van der Waals surface area contributed by atoms with Gasteiger partial charge in [-0.1, -0.05) is 0 Å². The molecule has 0 aliphatic carbocycles. The maximum atomic E-state index is 8.86. The summed E-state index contributed by atoms with van der Waals surface area (Å²) in [7, 11) is 0. The van der Waals surface area contributed by atoms with Crippen molar-refractivity contribution in [3.63, 3.8) is 0 Å². The number of nitrogens with two attached hydrogens (primary N) is 1. The molecule has 0 aliphatic heterocycles. The van der Waals surface area contributed by atoms with Crippen LogP contribution in [0.1, 0.15) is 11.4 Å². The van der Waals surface area contributed by atoms with Gasteiger partial charge in [-0.25, -0.2) is 9.97 Å². The van der Waals surface area contributed by atoms with Crippen molar-refractivity contribution in [3.8, 4) is 6.07 Å². The molecule has 2 aromatic rings. The number of hydrogen-bond acceptors (Lipinski definition) is 4. The topological polar surface area (TPSA) is 80.0 Å². The lowest BCUT2D eigenvalue weighted by Gasteiger charge is -1.96. The highest BCUT2D eigenvalue weighted by Gasteiger charge is 2.11.